The van der Waals surface area contributed by atoms with Crippen molar-refractivity contribution in [3.63, 3.8) is 0 Å². The van der Waals surface area contributed by atoms with Crippen LogP contribution in [0.5, 0.6) is 0 Å². The number of carbonyl (C=O) groups is 1. The second kappa shape index (κ2) is 14.4. The highest BCUT2D eigenvalue weighted by molar-refractivity contribution is 6.01. The van der Waals surface area contributed by atoms with E-state index in [2.05, 4.69) is 24.3 Å². The van der Waals surface area contributed by atoms with E-state index in [1.165, 1.54) is 11.1 Å². The summed E-state index contributed by atoms with van der Waals surface area (Å²) in [6, 6.07) is 47.0. The van der Waals surface area contributed by atoms with Crippen LogP contribution in [0.1, 0.15) is 44.3 Å². The van der Waals surface area contributed by atoms with Crippen LogP contribution in [-0.2, 0) is 24.4 Å². The lowest BCUT2D eigenvalue weighted by atomic mass is 9.93. The van der Waals surface area contributed by atoms with Crippen LogP contribution in [0.4, 0.5) is 0 Å². The maximum Gasteiger partial charge on any atom is 0.196 e. The molecule has 3 heteroatoms. The first-order valence-electron chi connectivity index (χ1n) is 12.8. The van der Waals surface area contributed by atoms with Crippen LogP contribution in [0, 0.1) is 0 Å². The molecule has 190 valence electrons. The monoisotopic (exact) mass is 500 g/mol. The Bertz CT molecular complexity index is 1330. The summed E-state index contributed by atoms with van der Waals surface area (Å²) in [5.41, 5.74) is 5.70. The Morgan fingerprint density at radius 2 is 0.974 bits per heavy atom. The minimum absolute atomic E-state index is 0.261. The molecule has 0 aliphatic rings. The van der Waals surface area contributed by atoms with Gasteiger partial charge in [-0.3, -0.25) is 4.79 Å². The third-order valence-corrected chi connectivity index (χ3v) is 6.11. The highest BCUT2D eigenvalue weighted by atomic mass is 16.5. The van der Waals surface area contributed by atoms with Crippen LogP contribution >= 0.6 is 0 Å². The van der Waals surface area contributed by atoms with Gasteiger partial charge in [-0.05, 0) is 34.2 Å². The van der Waals surface area contributed by atoms with Crippen molar-refractivity contribution in [3.05, 3.63) is 179 Å². The predicted octanol–water partition coefficient (Wildman–Crippen LogP) is 7.60. The topological polar surface area (TPSA) is 46.5 Å². The Labute approximate surface area is 225 Å². The van der Waals surface area contributed by atoms with Gasteiger partial charge in [-0.1, -0.05) is 146 Å². The molecule has 0 heterocycles. The Balaban J connectivity index is 0.000000194. The smallest absolute Gasteiger partial charge is 0.196 e. The second-order valence-corrected chi connectivity index (χ2v) is 8.96. The van der Waals surface area contributed by atoms with E-state index in [1.807, 2.05) is 103 Å². The zero-order valence-corrected chi connectivity index (χ0v) is 21.3. The summed E-state index contributed by atoms with van der Waals surface area (Å²) in [7, 11) is 0. The Kier molecular flexibility index (Phi) is 10.2. The quantitative estimate of drug-likeness (QED) is 0.212. The fourth-order valence-corrected chi connectivity index (χ4v) is 4.10. The minimum atomic E-state index is -1.13. The van der Waals surface area contributed by atoms with Crippen molar-refractivity contribution in [2.45, 2.75) is 25.7 Å². The van der Waals surface area contributed by atoms with E-state index in [0.29, 0.717) is 30.8 Å². The summed E-state index contributed by atoms with van der Waals surface area (Å²) >= 11 is 0. The van der Waals surface area contributed by atoms with Crippen molar-refractivity contribution in [2.24, 2.45) is 0 Å². The van der Waals surface area contributed by atoms with Crippen LogP contribution in [0.25, 0.3) is 0 Å². The molecule has 38 heavy (non-hydrogen) atoms. The first-order chi connectivity index (χ1) is 18.7. The number of hydrogen-bond acceptors (Lipinski definition) is 3. The first kappa shape index (κ1) is 26.7. The minimum Gasteiger partial charge on any atom is -0.380 e. The summed E-state index contributed by atoms with van der Waals surface area (Å²) in [5, 5.41) is 10.4. The molecule has 0 aliphatic heterocycles. The lowest BCUT2D eigenvalue weighted by Gasteiger charge is -2.13. The molecule has 5 rings (SSSR count). The molecular weight excluding hydrogens is 468 g/mol. The highest BCUT2D eigenvalue weighted by Gasteiger charge is 2.21. The molecule has 0 radical (unpaired) electrons. The molecule has 0 saturated carbocycles. The van der Waals surface area contributed by atoms with E-state index in [1.54, 1.807) is 18.2 Å². The van der Waals surface area contributed by atoms with Gasteiger partial charge in [-0.15, -0.1) is 0 Å². The number of aliphatic hydroxyl groups excluding tert-OH is 1. The number of rotatable bonds is 9. The Morgan fingerprint density at radius 1 is 0.553 bits per heavy atom. The molecule has 0 amide bonds. The molecule has 5 aromatic carbocycles. The molecule has 0 saturated heterocycles. The van der Waals surface area contributed by atoms with Gasteiger partial charge in [0.15, 0.2) is 5.78 Å². The first-order valence-corrected chi connectivity index (χ1v) is 12.8. The fourth-order valence-electron chi connectivity index (χ4n) is 4.10. The zero-order valence-electron chi connectivity index (χ0n) is 21.3. The summed E-state index contributed by atoms with van der Waals surface area (Å²) in [6.07, 6.45) is -0.460. The number of ether oxygens (including phenoxy) is 1. The van der Waals surface area contributed by atoms with Gasteiger partial charge < -0.3 is 9.84 Å². The van der Waals surface area contributed by atoms with E-state index in [0.717, 1.165) is 11.1 Å². The Hall–Kier alpha value is -4.31. The average Bonchev–Trinajstić information content (AvgIpc) is 2.99. The largest absolute Gasteiger partial charge is 0.380 e. The number of hydrogen-bond donors (Lipinski definition) is 1. The van der Waals surface area contributed by atoms with Crippen molar-refractivity contribution in [3.8, 4) is 0 Å². The van der Waals surface area contributed by atoms with E-state index in [4.69, 9.17) is 4.74 Å². The number of aliphatic hydroxyl groups is 1. The molecule has 0 aromatic heterocycles. The van der Waals surface area contributed by atoms with Crippen LogP contribution < -0.4 is 0 Å². The van der Waals surface area contributed by atoms with Crippen LogP contribution in [0.3, 0.4) is 0 Å². The van der Waals surface area contributed by atoms with Gasteiger partial charge in [0.1, 0.15) is 6.10 Å². The van der Waals surface area contributed by atoms with Crippen molar-refractivity contribution in [1.29, 1.82) is 0 Å². The summed E-state index contributed by atoms with van der Waals surface area (Å²) in [6.45, 7) is 1.35. The lowest BCUT2D eigenvalue weighted by Crippen LogP contribution is -2.14. The van der Waals surface area contributed by atoms with Crippen molar-refractivity contribution in [2.75, 3.05) is 0 Å². The van der Waals surface area contributed by atoms with Gasteiger partial charge in [0.05, 0.1) is 13.2 Å². The standard InChI is InChI=1S/C21H18O2.C14H14O/c22-20(17-11-5-2-6-12-17)21(23)19-14-8-7-13-18(19)15-16-9-3-1-4-10-16;1-3-7-13(8-4-1)11-15-12-14-9-5-2-6-10-14/h1-14,20,22H,15H2;1-10H,11-12H2. The molecule has 3 nitrogen and oxygen atoms in total. The molecular formula is C35H32O3. The maximum absolute atomic E-state index is 12.7. The van der Waals surface area contributed by atoms with Gasteiger partial charge in [0.2, 0.25) is 0 Å². The van der Waals surface area contributed by atoms with E-state index in [9.17, 15) is 9.90 Å². The van der Waals surface area contributed by atoms with Crippen LogP contribution in [0.2, 0.25) is 0 Å². The van der Waals surface area contributed by atoms with Crippen molar-refractivity contribution >= 4 is 5.78 Å². The van der Waals surface area contributed by atoms with E-state index in [-0.39, 0.29) is 5.78 Å². The summed E-state index contributed by atoms with van der Waals surface area (Å²) < 4.78 is 5.61. The molecule has 1 atom stereocenters. The van der Waals surface area contributed by atoms with Gasteiger partial charge in [-0.25, -0.2) is 0 Å². The molecule has 0 spiro atoms. The molecule has 1 unspecified atom stereocenters. The molecule has 0 bridgehead atoms. The molecule has 0 fully saturated rings. The summed E-state index contributed by atoms with van der Waals surface area (Å²) in [5.74, 6) is -0.261. The van der Waals surface area contributed by atoms with E-state index >= 15 is 0 Å². The van der Waals surface area contributed by atoms with Gasteiger partial charge >= 0.3 is 0 Å². The van der Waals surface area contributed by atoms with E-state index < -0.39 is 6.10 Å². The van der Waals surface area contributed by atoms with Gasteiger partial charge in [0, 0.05) is 5.56 Å². The van der Waals surface area contributed by atoms with Crippen molar-refractivity contribution in [1.82, 2.24) is 0 Å². The Morgan fingerprint density at radius 3 is 1.50 bits per heavy atom. The predicted molar refractivity (Wildman–Crippen MR) is 153 cm³/mol. The number of Topliss-reactive ketones (excluding diaryl/α,β-unsaturated/α-hetero) is 1. The average molecular weight is 501 g/mol. The third kappa shape index (κ3) is 8.10. The molecule has 1 N–H and O–H groups in total. The molecule has 5 aromatic rings. The summed E-state index contributed by atoms with van der Waals surface area (Å²) in [4.78, 5) is 12.7. The molecule has 0 aliphatic carbocycles. The number of benzene rings is 5. The van der Waals surface area contributed by atoms with Crippen LogP contribution in [0.15, 0.2) is 146 Å². The lowest BCUT2D eigenvalue weighted by molar-refractivity contribution is 0.0746. The number of carbonyl (C=O) groups excluding carboxylic acids is 1. The van der Waals surface area contributed by atoms with Crippen molar-refractivity contribution < 1.29 is 14.6 Å². The highest BCUT2D eigenvalue weighted by Crippen LogP contribution is 2.22. The normalized spacial score (nSPS) is 11.2. The van der Waals surface area contributed by atoms with Crippen LogP contribution in [-0.4, -0.2) is 10.9 Å². The maximum atomic E-state index is 12.7. The fraction of sp³-hybridized carbons (Fsp3) is 0.114. The second-order valence-electron chi connectivity index (χ2n) is 8.96. The SMILES string of the molecule is O=C(c1ccccc1Cc1ccccc1)C(O)c1ccccc1.c1ccc(COCc2ccccc2)cc1. The van der Waals surface area contributed by atoms with Gasteiger partial charge in [-0.2, -0.15) is 0 Å². The number of ketones is 1. The third-order valence-electron chi connectivity index (χ3n) is 6.11. The van der Waals surface area contributed by atoms with Gasteiger partial charge in [0.25, 0.3) is 0 Å². The zero-order chi connectivity index (χ0) is 26.4.